The van der Waals surface area contributed by atoms with Crippen molar-refractivity contribution < 1.29 is 60.7 Å². The van der Waals surface area contributed by atoms with Crippen molar-refractivity contribution in [3.63, 3.8) is 0 Å². The van der Waals surface area contributed by atoms with Gasteiger partial charge in [0.05, 0.1) is 18.6 Å². The number of halogens is 1. The molecule has 0 saturated heterocycles. The number of nitrogen functional groups attached to an aromatic ring is 1. The van der Waals surface area contributed by atoms with E-state index in [0.717, 1.165) is 5.56 Å². The Balaban J connectivity index is 0.00000338. The van der Waals surface area contributed by atoms with Crippen LogP contribution in [0.3, 0.4) is 0 Å². The summed E-state index contributed by atoms with van der Waals surface area (Å²) in [5.74, 6) is -0.929. The molecule has 26 heavy (non-hydrogen) atoms. The molecule has 6 nitrogen and oxygen atoms in total. The third kappa shape index (κ3) is 6.74. The van der Waals surface area contributed by atoms with Gasteiger partial charge in [0.2, 0.25) is 0 Å². The van der Waals surface area contributed by atoms with Gasteiger partial charge in [-0.15, -0.1) is 0 Å². The maximum atomic E-state index is 12.4. The number of phenols is 1. The van der Waals surface area contributed by atoms with Crippen LogP contribution in [0.5, 0.6) is 5.75 Å². The summed E-state index contributed by atoms with van der Waals surface area (Å²) in [6.07, 6.45) is 0.464. The predicted molar refractivity (Wildman–Crippen MR) is 95.6 cm³/mol. The molecule has 2 aromatic rings. The van der Waals surface area contributed by atoms with Gasteiger partial charge in [-0.2, -0.15) is 0 Å². The zero-order chi connectivity index (χ0) is 18.4. The Morgan fingerprint density at radius 3 is 2.46 bits per heavy atom. The number of rotatable bonds is 6. The minimum Gasteiger partial charge on any atom is -0.506 e. The number of phenolic OH excluding ortho intramolecular Hbond substituents is 1. The molecule has 2 rings (SSSR count). The van der Waals surface area contributed by atoms with Gasteiger partial charge in [-0.3, -0.25) is 9.59 Å². The second-order valence-electron chi connectivity index (χ2n) is 5.56. The monoisotopic (exact) mass is 503 g/mol. The Bertz CT molecular complexity index is 768. The number of carbonyl (C=O) groups excluding carboxylic acids is 2. The summed E-state index contributed by atoms with van der Waals surface area (Å²) in [5, 5.41) is 12.3. The fraction of sp³-hybridized carbons (Fsp3) is 0.222. The fourth-order valence-electron chi connectivity index (χ4n) is 2.31. The van der Waals surface area contributed by atoms with E-state index in [9.17, 15) is 14.7 Å². The van der Waals surface area contributed by atoms with Gasteiger partial charge in [-0.05, 0) is 42.3 Å². The number of methoxy groups -OCH3 is 1. The van der Waals surface area contributed by atoms with Crippen LogP contribution in [0.2, 0.25) is 5.02 Å². The van der Waals surface area contributed by atoms with Crippen molar-refractivity contribution >= 4 is 29.2 Å². The molecule has 8 heteroatoms. The molecule has 0 heterocycles. The van der Waals surface area contributed by atoms with E-state index in [-0.39, 0.29) is 64.0 Å². The maximum absolute atomic E-state index is 12.4. The fourth-order valence-corrected chi connectivity index (χ4v) is 2.49. The summed E-state index contributed by atoms with van der Waals surface area (Å²) in [5.41, 5.74) is 7.51. The van der Waals surface area contributed by atoms with Crippen molar-refractivity contribution in [3.8, 4) is 5.75 Å². The first kappa shape index (κ1) is 22.7. The largest absolute Gasteiger partial charge is 0.506 e. The molecule has 0 spiro atoms. The molecule has 1 radical (unpaired) electrons. The van der Waals surface area contributed by atoms with Gasteiger partial charge in [-0.1, -0.05) is 23.7 Å². The number of hydrogen-bond acceptors (Lipinski definition) is 5. The first-order valence-corrected chi connectivity index (χ1v) is 7.97. The minimum atomic E-state index is -0.462. The van der Waals surface area contributed by atoms with Crippen LogP contribution >= 0.6 is 11.6 Å². The number of anilines is 1. The number of amides is 1. The Morgan fingerprint density at radius 1 is 1.23 bits per heavy atom. The number of ether oxygens (including phenoxy) is 1. The van der Waals surface area contributed by atoms with Gasteiger partial charge in [0, 0.05) is 58.6 Å². The zero-order valence-electron chi connectivity index (χ0n) is 14.2. The van der Waals surface area contributed by atoms with Gasteiger partial charge >= 0.3 is 5.97 Å². The number of carbonyl (C=O) groups is 2. The molecule has 0 fully saturated rings. The summed E-state index contributed by atoms with van der Waals surface area (Å²) in [6.45, 7) is 0. The van der Waals surface area contributed by atoms with Gasteiger partial charge in [0.25, 0.3) is 5.91 Å². The molecule has 0 aliphatic heterocycles. The second-order valence-corrected chi connectivity index (χ2v) is 5.97. The van der Waals surface area contributed by atoms with E-state index < -0.39 is 17.9 Å². The van der Waals surface area contributed by atoms with Gasteiger partial charge in [-0.25, -0.2) is 0 Å². The number of nitrogens with two attached hydrogens (primary N) is 1. The molecule has 4 N–H and O–H groups in total. The topological polar surface area (TPSA) is 102 Å². The molecule has 0 aromatic heterocycles. The molecule has 135 valence electrons. The molecule has 1 atom stereocenters. The summed E-state index contributed by atoms with van der Waals surface area (Å²) in [6, 6.07) is 10.9. The van der Waals surface area contributed by atoms with Crippen LogP contribution in [-0.4, -0.2) is 30.1 Å². The average molecular weight is 504 g/mol. The van der Waals surface area contributed by atoms with Crippen LogP contribution in [0, 0.1) is 41.3 Å². The van der Waals surface area contributed by atoms with Crippen molar-refractivity contribution in [1.82, 2.24) is 5.32 Å². The van der Waals surface area contributed by atoms with Crippen molar-refractivity contribution in [2.24, 2.45) is 0 Å². The Kier molecular flexibility index (Phi) is 9.33. The van der Waals surface area contributed by atoms with Gasteiger partial charge < -0.3 is 20.9 Å². The second kappa shape index (κ2) is 10.7. The molecular weight excluding hydrogens is 485 g/mol. The van der Waals surface area contributed by atoms with E-state index in [2.05, 4.69) is 5.32 Å². The zero-order valence-corrected chi connectivity index (χ0v) is 18.7. The van der Waals surface area contributed by atoms with Crippen molar-refractivity contribution in [2.75, 3.05) is 12.8 Å². The van der Waals surface area contributed by atoms with Crippen LogP contribution in [-0.2, 0) is 16.0 Å². The number of nitrogens with one attached hydrogen (secondary N) is 1. The standard InChI is InChI=1S/C18H19ClN2O4.Pr/c1-25-17(23)10-14(8-11-2-5-13(20)6-3-11)21-18(24)12-4-7-16(22)15(19)9-12;/h2-7,9,14,22H,8,10,20H2,1H3,(H,21,24);/t14-;/m0./s1. The minimum absolute atomic E-state index is 0. The maximum Gasteiger partial charge on any atom is 0.307 e. The van der Waals surface area contributed by atoms with Crippen LogP contribution in [0.4, 0.5) is 5.69 Å². The van der Waals surface area contributed by atoms with E-state index in [1.165, 1.54) is 25.3 Å². The summed E-state index contributed by atoms with van der Waals surface area (Å²) >= 11 is 5.83. The van der Waals surface area contributed by atoms with E-state index in [1.807, 2.05) is 12.1 Å². The smallest absolute Gasteiger partial charge is 0.307 e. The van der Waals surface area contributed by atoms with Crippen molar-refractivity contribution in [1.29, 1.82) is 0 Å². The predicted octanol–water partition coefficient (Wildman–Crippen LogP) is 2.53. The van der Waals surface area contributed by atoms with Crippen LogP contribution < -0.4 is 11.1 Å². The summed E-state index contributed by atoms with van der Waals surface area (Å²) in [4.78, 5) is 24.0. The molecule has 1 amide bonds. The van der Waals surface area contributed by atoms with E-state index in [0.29, 0.717) is 12.1 Å². The molecule has 0 aliphatic carbocycles. The third-order valence-corrected chi connectivity index (χ3v) is 3.95. The molecule has 0 saturated carbocycles. The van der Waals surface area contributed by atoms with E-state index >= 15 is 0 Å². The van der Waals surface area contributed by atoms with Gasteiger partial charge in [0.15, 0.2) is 0 Å². The average Bonchev–Trinajstić information content (AvgIpc) is 2.59. The van der Waals surface area contributed by atoms with Crippen molar-refractivity contribution in [2.45, 2.75) is 18.9 Å². The SMILES string of the molecule is COC(=O)C[C@H](Cc1ccc(N)cc1)NC(=O)c1ccc(O)c(Cl)c1.[Pr]. The quantitative estimate of drug-likeness (QED) is 0.415. The molecule has 0 bridgehead atoms. The number of benzene rings is 2. The molecule has 0 aliphatic rings. The molecule has 0 unspecified atom stereocenters. The van der Waals surface area contributed by atoms with E-state index in [4.69, 9.17) is 22.1 Å². The van der Waals surface area contributed by atoms with Gasteiger partial charge in [0.1, 0.15) is 5.75 Å². The van der Waals surface area contributed by atoms with Crippen LogP contribution in [0.25, 0.3) is 0 Å². The number of aromatic hydroxyl groups is 1. The van der Waals surface area contributed by atoms with Crippen LogP contribution in [0.15, 0.2) is 42.5 Å². The summed E-state index contributed by atoms with van der Waals surface area (Å²) in [7, 11) is 1.30. The van der Waals surface area contributed by atoms with Crippen molar-refractivity contribution in [3.05, 3.63) is 58.6 Å². The Labute approximate surface area is 190 Å². The first-order valence-electron chi connectivity index (χ1n) is 7.59. The number of esters is 1. The summed E-state index contributed by atoms with van der Waals surface area (Å²) < 4.78 is 4.70. The Hall–Kier alpha value is -1.37. The first-order chi connectivity index (χ1) is 11.9. The molecular formula is C18H19ClN2O4Pr. The normalized spacial score (nSPS) is 11.2. The van der Waals surface area contributed by atoms with E-state index in [1.54, 1.807) is 12.1 Å². The number of hydrogen-bond donors (Lipinski definition) is 3. The Morgan fingerprint density at radius 2 is 1.88 bits per heavy atom. The molecule has 2 aromatic carbocycles. The third-order valence-electron chi connectivity index (χ3n) is 3.65. The van der Waals surface area contributed by atoms with Crippen LogP contribution in [0.1, 0.15) is 22.3 Å².